The van der Waals surface area contributed by atoms with Crippen LogP contribution in [0, 0.1) is 35.3 Å². The maximum Gasteiger partial charge on any atom is 0.251 e. The second kappa shape index (κ2) is 25.1. The number of nitrogens with zero attached hydrogens (tertiary/aromatic N) is 2. The third kappa shape index (κ3) is 14.5. The van der Waals surface area contributed by atoms with E-state index in [0.717, 1.165) is 0 Å². The molecule has 6 amide bonds. The van der Waals surface area contributed by atoms with E-state index in [4.69, 9.17) is 0 Å². The number of benzene rings is 2. The summed E-state index contributed by atoms with van der Waals surface area (Å²) in [5, 5.41) is 16.6. The van der Waals surface area contributed by atoms with Gasteiger partial charge in [0.05, 0.1) is 36.5 Å². The van der Waals surface area contributed by atoms with Crippen LogP contribution in [0.3, 0.4) is 0 Å². The minimum atomic E-state index is -1.11. The van der Waals surface area contributed by atoms with Crippen LogP contribution in [0.1, 0.15) is 101 Å². The van der Waals surface area contributed by atoms with Crippen molar-refractivity contribution in [2.75, 3.05) is 50.1 Å². The molecular formula is C56H66F2N10O8. The van der Waals surface area contributed by atoms with Gasteiger partial charge < -0.3 is 51.7 Å². The summed E-state index contributed by atoms with van der Waals surface area (Å²) in [5.41, 5.74) is 2.21. The molecule has 2 aromatic heterocycles. The van der Waals surface area contributed by atoms with Gasteiger partial charge in [0.1, 0.15) is 23.7 Å². The summed E-state index contributed by atoms with van der Waals surface area (Å²) >= 11 is 0. The lowest BCUT2D eigenvalue weighted by atomic mass is 9.91. The van der Waals surface area contributed by atoms with E-state index in [2.05, 4.69) is 65.6 Å². The zero-order chi connectivity index (χ0) is 55.5. The van der Waals surface area contributed by atoms with E-state index < -0.39 is 82.1 Å². The van der Waals surface area contributed by atoms with Crippen molar-refractivity contribution in [3.8, 4) is 23.7 Å². The van der Waals surface area contributed by atoms with Crippen molar-refractivity contribution in [2.24, 2.45) is 0 Å². The van der Waals surface area contributed by atoms with Gasteiger partial charge in [-0.15, -0.1) is 0 Å². The molecule has 0 aliphatic carbocycles. The van der Waals surface area contributed by atoms with E-state index in [9.17, 15) is 47.1 Å². The zero-order valence-corrected chi connectivity index (χ0v) is 44.1. The van der Waals surface area contributed by atoms with Gasteiger partial charge in [0.15, 0.2) is 0 Å². The molecule has 402 valence electrons. The van der Waals surface area contributed by atoms with Crippen molar-refractivity contribution in [1.82, 2.24) is 41.9 Å². The molecule has 20 heteroatoms. The van der Waals surface area contributed by atoms with Gasteiger partial charge >= 0.3 is 0 Å². The van der Waals surface area contributed by atoms with Crippen molar-refractivity contribution in [3.63, 3.8) is 0 Å². The van der Waals surface area contributed by atoms with Gasteiger partial charge in [-0.05, 0) is 100 Å². The van der Waals surface area contributed by atoms with Crippen LogP contribution in [0.25, 0.3) is 0 Å². The van der Waals surface area contributed by atoms with Crippen molar-refractivity contribution in [1.29, 1.82) is 0 Å². The molecule has 2 aliphatic heterocycles. The van der Waals surface area contributed by atoms with E-state index in [0.29, 0.717) is 45.0 Å². The van der Waals surface area contributed by atoms with Crippen molar-refractivity contribution in [2.45, 2.75) is 115 Å². The SMILES string of the molecule is CN[C@@H](C)C(=O)N[C@@H](CCC(=O)NCC#CC#CCNC(=O)CC[C@H](NC(=O)[C@H](C)NC)C(=O)N1CC(C)(C)c2[nH]c(=O)c(Cc3ccc(F)cc3)cc21)C(=O)N1CC(C)(C)c2[nH]c(=O)c(Cc3ccc(F)cc3)cc21. The summed E-state index contributed by atoms with van der Waals surface area (Å²) in [4.78, 5) is 116. The fraction of sp³-hybridized carbons (Fsp3) is 0.429. The van der Waals surface area contributed by atoms with Gasteiger partial charge in [-0.3, -0.25) is 38.4 Å². The topological polar surface area (TPSA) is 247 Å². The first-order valence-corrected chi connectivity index (χ1v) is 25.1. The third-order valence-electron chi connectivity index (χ3n) is 13.6. The standard InChI is InChI=1S/C56H66F2N10O8/c1-33(59-7)49(71)63-41(53(75)67-31-55(3,4)47-43(67)29-37(51(73)65-47)27-35-13-17-39(57)18-14-35)21-23-45(69)61-25-11-9-10-12-26-62-46(70)24-22-42(64-50(72)34(2)60-8)54(76)68-32-56(5,6)48-44(68)30-38(52(74)66-48)28-36-15-19-40(58)20-16-36/h13-20,29-30,33-34,41-42,59-60H,21-28,31-32H2,1-8H3,(H,61,69)(H,62,70)(H,63,71)(H,64,72)(H,65,73)(H,66,74)/t33-,34-,41-,42-/m0/s1. The lowest BCUT2D eigenvalue weighted by molar-refractivity contribution is -0.129. The highest BCUT2D eigenvalue weighted by molar-refractivity contribution is 6.03. The maximum absolute atomic E-state index is 14.3. The Morgan fingerprint density at radius 1 is 0.605 bits per heavy atom. The monoisotopic (exact) mass is 1040 g/mol. The molecule has 0 fully saturated rings. The lowest BCUT2D eigenvalue weighted by Crippen LogP contribution is -2.53. The zero-order valence-electron chi connectivity index (χ0n) is 44.1. The smallest absolute Gasteiger partial charge is 0.251 e. The van der Waals surface area contributed by atoms with Crippen LogP contribution in [-0.2, 0) is 52.4 Å². The second-order valence-electron chi connectivity index (χ2n) is 20.4. The summed E-state index contributed by atoms with van der Waals surface area (Å²) in [5.74, 6) is 7.12. The number of aromatic nitrogens is 2. The largest absolute Gasteiger partial charge is 0.345 e. The number of aromatic amines is 2. The van der Waals surface area contributed by atoms with Gasteiger partial charge in [0, 0.05) is 72.1 Å². The second-order valence-corrected chi connectivity index (χ2v) is 20.4. The van der Waals surface area contributed by atoms with E-state index in [1.165, 1.54) is 34.1 Å². The number of rotatable bonds is 20. The van der Waals surface area contributed by atoms with Crippen molar-refractivity contribution in [3.05, 3.63) is 127 Å². The first-order chi connectivity index (χ1) is 36.0. The molecule has 2 aromatic carbocycles. The highest BCUT2D eigenvalue weighted by atomic mass is 19.1. The Balaban J connectivity index is 1.02. The van der Waals surface area contributed by atoms with Gasteiger partial charge in [0.25, 0.3) is 11.1 Å². The van der Waals surface area contributed by atoms with Crippen molar-refractivity contribution >= 4 is 46.8 Å². The first-order valence-electron chi connectivity index (χ1n) is 25.1. The molecular weight excluding hydrogens is 979 g/mol. The van der Waals surface area contributed by atoms with Crippen LogP contribution in [0.2, 0.25) is 0 Å². The molecule has 8 N–H and O–H groups in total. The summed E-state index contributed by atoms with van der Waals surface area (Å²) in [6, 6.07) is 11.3. The number of halogens is 2. The molecule has 4 heterocycles. The van der Waals surface area contributed by atoms with Crippen LogP contribution >= 0.6 is 0 Å². The minimum absolute atomic E-state index is 0.0541. The highest BCUT2D eigenvalue weighted by Crippen LogP contribution is 2.41. The summed E-state index contributed by atoms with van der Waals surface area (Å²) in [7, 11) is 3.20. The average Bonchev–Trinajstić information content (AvgIpc) is 3.85. The third-order valence-corrected chi connectivity index (χ3v) is 13.6. The normalized spacial score (nSPS) is 15.3. The van der Waals surface area contributed by atoms with Crippen LogP contribution in [-0.4, -0.2) is 110 Å². The van der Waals surface area contributed by atoms with Gasteiger partial charge in [-0.25, -0.2) is 8.78 Å². The van der Waals surface area contributed by atoms with E-state index in [-0.39, 0.29) is 75.8 Å². The summed E-state index contributed by atoms with van der Waals surface area (Å²) in [6.45, 7) is 11.0. The number of H-pyrrole nitrogens is 2. The number of nitrogens with one attached hydrogen (secondary N) is 8. The van der Waals surface area contributed by atoms with Crippen LogP contribution in [0.4, 0.5) is 20.2 Å². The fourth-order valence-corrected chi connectivity index (χ4v) is 8.93. The highest BCUT2D eigenvalue weighted by Gasteiger charge is 2.43. The number of carbonyl (C=O) groups is 6. The Morgan fingerprint density at radius 2 is 0.961 bits per heavy atom. The molecule has 76 heavy (non-hydrogen) atoms. The first kappa shape index (κ1) is 57.3. The predicted octanol–water partition coefficient (Wildman–Crippen LogP) is 2.46. The molecule has 0 unspecified atom stereocenters. The summed E-state index contributed by atoms with van der Waals surface area (Å²) < 4.78 is 27.2. The number of carbonyl (C=O) groups excluding carboxylic acids is 6. The number of anilines is 2. The summed E-state index contributed by atoms with van der Waals surface area (Å²) in [6.07, 6.45) is -0.0265. The van der Waals surface area contributed by atoms with Gasteiger partial charge in [0.2, 0.25) is 35.4 Å². The molecule has 6 rings (SSSR count). The fourth-order valence-electron chi connectivity index (χ4n) is 8.93. The number of pyridine rings is 2. The predicted molar refractivity (Wildman–Crippen MR) is 284 cm³/mol. The molecule has 2 aliphatic rings. The van der Waals surface area contributed by atoms with E-state index >= 15 is 0 Å². The Bertz CT molecular complexity index is 2890. The van der Waals surface area contributed by atoms with Crippen LogP contribution in [0.15, 0.2) is 70.3 Å². The van der Waals surface area contributed by atoms with Crippen LogP contribution < -0.4 is 52.8 Å². The Kier molecular flexibility index (Phi) is 18.9. The quantitative estimate of drug-likeness (QED) is 0.0601. The number of fused-ring (bicyclic) bond motifs is 2. The lowest BCUT2D eigenvalue weighted by Gasteiger charge is -2.27. The molecule has 4 aromatic rings. The van der Waals surface area contributed by atoms with E-state index in [1.54, 1.807) is 64.3 Å². The average molecular weight is 1050 g/mol. The maximum atomic E-state index is 14.3. The van der Waals surface area contributed by atoms with Crippen molar-refractivity contribution < 1.29 is 37.5 Å². The Labute approximate surface area is 440 Å². The Hall–Kier alpha value is -7.94. The molecule has 4 atom stereocenters. The molecule has 18 nitrogen and oxygen atoms in total. The molecule has 0 radical (unpaired) electrons. The Morgan fingerprint density at radius 3 is 1.30 bits per heavy atom. The molecule has 0 saturated carbocycles. The van der Waals surface area contributed by atoms with E-state index in [1.807, 2.05) is 27.7 Å². The molecule has 0 bridgehead atoms. The minimum Gasteiger partial charge on any atom is -0.345 e. The number of hydrogen-bond donors (Lipinski definition) is 8. The number of likely N-dealkylation sites (N-methyl/N-ethyl adjacent to an activating group) is 2. The van der Waals surface area contributed by atoms with Gasteiger partial charge in [-0.2, -0.15) is 0 Å². The molecule has 0 saturated heterocycles. The van der Waals surface area contributed by atoms with Gasteiger partial charge in [-0.1, -0.05) is 63.8 Å². The van der Waals surface area contributed by atoms with Crippen LogP contribution in [0.5, 0.6) is 0 Å². The number of hydrogen-bond acceptors (Lipinski definition) is 10. The molecule has 0 spiro atoms. The number of amides is 6.